The Hall–Kier alpha value is -3.32. The van der Waals surface area contributed by atoms with Gasteiger partial charge in [-0.05, 0) is 43.3 Å². The van der Waals surface area contributed by atoms with Gasteiger partial charge in [0.2, 0.25) is 5.91 Å². The molecule has 8 heteroatoms. The molecule has 0 aliphatic rings. The zero-order valence-electron chi connectivity index (χ0n) is 14.9. The van der Waals surface area contributed by atoms with Gasteiger partial charge in [0.05, 0.1) is 12.1 Å². The molecular weight excluding hydrogens is 381 g/mol. The van der Waals surface area contributed by atoms with Crippen LogP contribution in [0.4, 0.5) is 10.1 Å². The number of aromatic nitrogens is 4. The first kappa shape index (κ1) is 18.1. The highest BCUT2D eigenvalue weighted by Gasteiger charge is 2.13. The SMILES string of the molecule is Cc1nnc2ccc(-c3cccc(NC(=O)Cc4c(F)cccc4Cl)c3)nn12. The molecule has 28 heavy (non-hydrogen) atoms. The van der Waals surface area contributed by atoms with Crippen molar-refractivity contribution in [1.29, 1.82) is 0 Å². The molecule has 0 saturated carbocycles. The Labute approximate surface area is 165 Å². The van der Waals surface area contributed by atoms with Crippen LogP contribution in [-0.2, 0) is 11.2 Å². The van der Waals surface area contributed by atoms with Gasteiger partial charge in [0.15, 0.2) is 11.5 Å². The van der Waals surface area contributed by atoms with Crippen molar-refractivity contribution < 1.29 is 9.18 Å². The summed E-state index contributed by atoms with van der Waals surface area (Å²) in [5, 5.41) is 15.5. The van der Waals surface area contributed by atoms with Gasteiger partial charge in [-0.25, -0.2) is 4.39 Å². The van der Waals surface area contributed by atoms with E-state index in [-0.39, 0.29) is 22.9 Å². The summed E-state index contributed by atoms with van der Waals surface area (Å²) in [6.07, 6.45) is -0.153. The third kappa shape index (κ3) is 3.57. The summed E-state index contributed by atoms with van der Waals surface area (Å²) in [6.45, 7) is 1.82. The molecular formula is C20H15ClFN5O. The van der Waals surface area contributed by atoms with Crippen molar-refractivity contribution in [2.45, 2.75) is 13.3 Å². The normalized spacial score (nSPS) is 11.0. The first-order valence-electron chi connectivity index (χ1n) is 8.53. The van der Waals surface area contributed by atoms with Crippen molar-refractivity contribution in [3.05, 3.63) is 76.8 Å². The van der Waals surface area contributed by atoms with Crippen LogP contribution in [0, 0.1) is 12.7 Å². The highest BCUT2D eigenvalue weighted by molar-refractivity contribution is 6.31. The van der Waals surface area contributed by atoms with E-state index in [0.717, 1.165) is 5.56 Å². The standard InChI is InChI=1S/C20H15ClFN5O/c1-12-24-25-19-9-8-18(26-27(12)19)13-4-2-5-14(10-13)23-20(28)11-15-16(21)6-3-7-17(15)22/h2-10H,11H2,1H3,(H,23,28). The quantitative estimate of drug-likeness (QED) is 0.565. The van der Waals surface area contributed by atoms with Gasteiger partial charge in [-0.2, -0.15) is 9.61 Å². The molecule has 2 heterocycles. The molecule has 0 aliphatic carbocycles. The Kier molecular flexibility index (Phi) is 4.75. The van der Waals surface area contributed by atoms with Gasteiger partial charge in [-0.3, -0.25) is 4.79 Å². The Morgan fingerprint density at radius 1 is 1.14 bits per heavy atom. The zero-order chi connectivity index (χ0) is 19.7. The summed E-state index contributed by atoms with van der Waals surface area (Å²) in [7, 11) is 0. The summed E-state index contributed by atoms with van der Waals surface area (Å²) in [5.74, 6) is -0.177. The fraction of sp³-hybridized carbons (Fsp3) is 0.100. The van der Waals surface area contributed by atoms with Gasteiger partial charge < -0.3 is 5.32 Å². The first-order valence-corrected chi connectivity index (χ1v) is 8.91. The van der Waals surface area contributed by atoms with Gasteiger partial charge in [0, 0.05) is 21.8 Å². The molecule has 0 spiro atoms. The molecule has 0 aliphatic heterocycles. The molecule has 2 aromatic carbocycles. The number of amides is 1. The number of halogens is 2. The van der Waals surface area contributed by atoms with Crippen LogP contribution in [0.3, 0.4) is 0 Å². The van der Waals surface area contributed by atoms with Gasteiger partial charge in [0.25, 0.3) is 0 Å². The maximum atomic E-state index is 13.9. The Bertz CT molecular complexity index is 1170. The number of nitrogens with zero attached hydrogens (tertiary/aromatic N) is 4. The van der Waals surface area contributed by atoms with Gasteiger partial charge in [-0.1, -0.05) is 29.8 Å². The lowest BCUT2D eigenvalue weighted by atomic mass is 10.1. The molecule has 4 aromatic rings. The molecule has 0 radical (unpaired) electrons. The second-order valence-corrected chi connectivity index (χ2v) is 6.65. The molecule has 1 N–H and O–H groups in total. The van der Waals surface area contributed by atoms with E-state index in [0.29, 0.717) is 22.9 Å². The highest BCUT2D eigenvalue weighted by atomic mass is 35.5. The number of benzene rings is 2. The number of anilines is 1. The van der Waals surface area contributed by atoms with Crippen LogP contribution < -0.4 is 5.32 Å². The lowest BCUT2D eigenvalue weighted by Gasteiger charge is -2.09. The average Bonchev–Trinajstić information content (AvgIpc) is 3.05. The first-order chi connectivity index (χ1) is 13.5. The topological polar surface area (TPSA) is 72.2 Å². The molecule has 1 amide bonds. The molecule has 0 unspecified atom stereocenters. The Morgan fingerprint density at radius 2 is 1.96 bits per heavy atom. The number of fused-ring (bicyclic) bond motifs is 1. The number of carbonyl (C=O) groups is 1. The van der Waals surface area contributed by atoms with Crippen molar-refractivity contribution >= 4 is 28.8 Å². The van der Waals surface area contributed by atoms with Gasteiger partial charge in [-0.15, -0.1) is 10.2 Å². The molecule has 6 nitrogen and oxygen atoms in total. The smallest absolute Gasteiger partial charge is 0.228 e. The van der Waals surface area contributed by atoms with Crippen LogP contribution >= 0.6 is 11.6 Å². The largest absolute Gasteiger partial charge is 0.326 e. The second-order valence-electron chi connectivity index (χ2n) is 6.24. The molecule has 140 valence electrons. The van der Waals surface area contributed by atoms with Crippen molar-refractivity contribution in [3.63, 3.8) is 0 Å². The van der Waals surface area contributed by atoms with E-state index in [1.165, 1.54) is 12.1 Å². The maximum Gasteiger partial charge on any atom is 0.228 e. The second kappa shape index (κ2) is 7.36. The number of aryl methyl sites for hydroxylation is 1. The monoisotopic (exact) mass is 395 g/mol. The minimum atomic E-state index is -0.502. The number of nitrogens with one attached hydrogen (secondary N) is 1. The Morgan fingerprint density at radius 3 is 2.79 bits per heavy atom. The van der Waals surface area contributed by atoms with E-state index in [9.17, 15) is 9.18 Å². The van der Waals surface area contributed by atoms with Crippen LogP contribution in [0.15, 0.2) is 54.6 Å². The van der Waals surface area contributed by atoms with Crippen LogP contribution in [0.25, 0.3) is 16.9 Å². The minimum Gasteiger partial charge on any atom is -0.326 e. The third-order valence-electron chi connectivity index (χ3n) is 4.26. The van der Waals surface area contributed by atoms with Crippen LogP contribution in [0.5, 0.6) is 0 Å². The van der Waals surface area contributed by atoms with Crippen molar-refractivity contribution in [1.82, 2.24) is 19.8 Å². The van der Waals surface area contributed by atoms with Crippen molar-refractivity contribution in [2.75, 3.05) is 5.32 Å². The fourth-order valence-corrected chi connectivity index (χ4v) is 3.10. The predicted octanol–water partition coefficient (Wildman–Crippen LogP) is 4.07. The average molecular weight is 396 g/mol. The molecule has 4 rings (SSSR count). The van der Waals surface area contributed by atoms with E-state index in [1.54, 1.807) is 22.7 Å². The molecule has 0 bridgehead atoms. The lowest BCUT2D eigenvalue weighted by Crippen LogP contribution is -2.15. The Balaban J connectivity index is 1.56. The minimum absolute atomic E-state index is 0.153. The van der Waals surface area contributed by atoms with E-state index in [2.05, 4.69) is 20.6 Å². The summed E-state index contributed by atoms with van der Waals surface area (Å²) in [6, 6.07) is 15.3. The van der Waals surface area contributed by atoms with Gasteiger partial charge in [0.1, 0.15) is 5.82 Å². The van der Waals surface area contributed by atoms with Crippen LogP contribution in [0.1, 0.15) is 11.4 Å². The maximum absolute atomic E-state index is 13.9. The summed E-state index contributed by atoms with van der Waals surface area (Å²) < 4.78 is 15.5. The zero-order valence-corrected chi connectivity index (χ0v) is 15.6. The summed E-state index contributed by atoms with van der Waals surface area (Å²) >= 11 is 5.99. The summed E-state index contributed by atoms with van der Waals surface area (Å²) in [5.41, 5.74) is 2.94. The van der Waals surface area contributed by atoms with E-state index in [1.807, 2.05) is 31.2 Å². The number of hydrogen-bond acceptors (Lipinski definition) is 4. The molecule has 0 saturated heterocycles. The van der Waals surface area contributed by atoms with Crippen molar-refractivity contribution in [3.8, 4) is 11.3 Å². The van der Waals surface area contributed by atoms with Crippen LogP contribution in [0.2, 0.25) is 5.02 Å². The molecule has 0 atom stereocenters. The number of rotatable bonds is 4. The van der Waals surface area contributed by atoms with Crippen molar-refractivity contribution in [2.24, 2.45) is 0 Å². The van der Waals surface area contributed by atoms with E-state index < -0.39 is 5.82 Å². The fourth-order valence-electron chi connectivity index (χ4n) is 2.87. The lowest BCUT2D eigenvalue weighted by molar-refractivity contribution is -0.115. The summed E-state index contributed by atoms with van der Waals surface area (Å²) in [4.78, 5) is 12.3. The highest BCUT2D eigenvalue weighted by Crippen LogP contribution is 2.23. The van der Waals surface area contributed by atoms with Crippen LogP contribution in [-0.4, -0.2) is 25.7 Å². The number of carbonyl (C=O) groups excluding carboxylic acids is 1. The van der Waals surface area contributed by atoms with E-state index in [4.69, 9.17) is 11.6 Å². The van der Waals surface area contributed by atoms with Gasteiger partial charge >= 0.3 is 0 Å². The molecule has 2 aromatic heterocycles. The molecule has 0 fully saturated rings. The van der Waals surface area contributed by atoms with E-state index >= 15 is 0 Å². The third-order valence-corrected chi connectivity index (χ3v) is 4.61. The predicted molar refractivity (Wildman–Crippen MR) is 105 cm³/mol. The number of hydrogen-bond donors (Lipinski definition) is 1.